The Morgan fingerprint density at radius 1 is 1.23 bits per heavy atom. The van der Waals surface area contributed by atoms with E-state index in [1.54, 1.807) is 16.3 Å². The van der Waals surface area contributed by atoms with Crippen molar-refractivity contribution in [3.8, 4) is 10.7 Å². The van der Waals surface area contributed by atoms with Crippen molar-refractivity contribution in [3.05, 3.63) is 48.0 Å². The van der Waals surface area contributed by atoms with E-state index in [9.17, 15) is 0 Å². The number of hydrogen-bond acceptors (Lipinski definition) is 7. The summed E-state index contributed by atoms with van der Waals surface area (Å²) in [5.41, 5.74) is 0.731. The summed E-state index contributed by atoms with van der Waals surface area (Å²) in [5.74, 6) is 2.30. The molecule has 4 aromatic rings. The van der Waals surface area contributed by atoms with Crippen molar-refractivity contribution in [1.29, 1.82) is 0 Å². The third-order valence-electron chi connectivity index (χ3n) is 3.01. The number of thioether (sulfide) groups is 1. The Labute approximate surface area is 134 Å². The quantitative estimate of drug-likeness (QED) is 0.534. The molecule has 110 valence electrons. The Balaban J connectivity index is 1.61. The van der Waals surface area contributed by atoms with Gasteiger partial charge in [0.05, 0.1) is 5.75 Å². The maximum Gasteiger partial charge on any atom is 0.235 e. The molecule has 0 saturated heterocycles. The number of aromatic nitrogens is 5. The Hall–Kier alpha value is -2.19. The first kappa shape index (κ1) is 13.5. The van der Waals surface area contributed by atoms with Crippen molar-refractivity contribution in [3.63, 3.8) is 0 Å². The van der Waals surface area contributed by atoms with Crippen LogP contribution in [0.5, 0.6) is 0 Å². The number of nitrogens with zero attached hydrogens (tertiary/aromatic N) is 5. The molecule has 0 spiro atoms. The van der Waals surface area contributed by atoms with Gasteiger partial charge >= 0.3 is 0 Å². The Bertz CT molecular complexity index is 912. The second-order valence-electron chi connectivity index (χ2n) is 4.64. The van der Waals surface area contributed by atoms with Crippen molar-refractivity contribution in [1.82, 2.24) is 25.0 Å². The van der Waals surface area contributed by atoms with Crippen LogP contribution in [0.1, 0.15) is 11.6 Å². The lowest BCUT2D eigenvalue weighted by molar-refractivity contribution is 0.399. The average molecular weight is 329 g/mol. The van der Waals surface area contributed by atoms with Crippen LogP contribution in [-0.4, -0.2) is 25.0 Å². The van der Waals surface area contributed by atoms with E-state index in [1.165, 1.54) is 16.2 Å². The molecule has 4 rings (SSSR count). The van der Waals surface area contributed by atoms with Gasteiger partial charge < -0.3 is 4.52 Å². The number of benzene rings is 1. The second-order valence-corrected chi connectivity index (χ2v) is 6.65. The molecule has 0 amide bonds. The van der Waals surface area contributed by atoms with Crippen molar-refractivity contribution >= 4 is 28.1 Å². The van der Waals surface area contributed by atoms with Gasteiger partial charge in [0.15, 0.2) is 10.8 Å². The molecule has 0 atom stereocenters. The van der Waals surface area contributed by atoms with Gasteiger partial charge in [-0.15, -0.1) is 22.0 Å². The monoisotopic (exact) mass is 329 g/mol. The first-order valence-corrected chi connectivity index (χ1v) is 8.42. The van der Waals surface area contributed by atoms with Crippen molar-refractivity contribution in [2.45, 2.75) is 17.6 Å². The highest BCUT2D eigenvalue weighted by atomic mass is 32.2. The molecule has 3 aromatic heterocycles. The number of rotatable bonds is 4. The standard InChI is InChI=1S/C14H11N5OS2/c1-9-7-11(18-20-9)13-17-19-12(15-16-14(19)22-13)8-21-10-5-3-2-4-6-10/h2-7H,8H2,1H3. The van der Waals surface area contributed by atoms with E-state index in [0.29, 0.717) is 5.75 Å². The van der Waals surface area contributed by atoms with Gasteiger partial charge in [0.25, 0.3) is 0 Å². The van der Waals surface area contributed by atoms with Crippen LogP contribution in [0.3, 0.4) is 0 Å². The molecule has 0 radical (unpaired) electrons. The third-order valence-corrected chi connectivity index (χ3v) is 4.94. The molecular formula is C14H11N5OS2. The van der Waals surface area contributed by atoms with E-state index in [-0.39, 0.29) is 0 Å². The van der Waals surface area contributed by atoms with Crippen LogP contribution in [0.25, 0.3) is 15.7 Å². The molecular weight excluding hydrogens is 318 g/mol. The zero-order valence-corrected chi connectivity index (χ0v) is 13.3. The lowest BCUT2D eigenvalue weighted by Crippen LogP contribution is -1.94. The molecule has 0 fully saturated rings. The van der Waals surface area contributed by atoms with Gasteiger partial charge in [0.1, 0.15) is 11.5 Å². The molecule has 0 N–H and O–H groups in total. The number of aryl methyl sites for hydroxylation is 1. The minimum atomic E-state index is 0.714. The minimum Gasteiger partial charge on any atom is -0.361 e. The van der Waals surface area contributed by atoms with Gasteiger partial charge in [-0.25, -0.2) is 0 Å². The Morgan fingerprint density at radius 3 is 2.86 bits per heavy atom. The molecule has 6 nitrogen and oxygen atoms in total. The zero-order valence-electron chi connectivity index (χ0n) is 11.6. The topological polar surface area (TPSA) is 69.1 Å². The van der Waals surface area contributed by atoms with Crippen LogP contribution in [0.2, 0.25) is 0 Å². The summed E-state index contributed by atoms with van der Waals surface area (Å²) in [6, 6.07) is 12.1. The van der Waals surface area contributed by atoms with E-state index in [4.69, 9.17) is 4.52 Å². The largest absolute Gasteiger partial charge is 0.361 e. The SMILES string of the molecule is Cc1cc(-c2nn3c(CSc4ccccc4)nnc3s2)no1. The zero-order chi connectivity index (χ0) is 14.9. The summed E-state index contributed by atoms with van der Waals surface area (Å²) in [6.45, 7) is 1.86. The van der Waals surface area contributed by atoms with Crippen LogP contribution in [0.15, 0.2) is 45.8 Å². The minimum absolute atomic E-state index is 0.714. The highest BCUT2D eigenvalue weighted by molar-refractivity contribution is 7.98. The van der Waals surface area contributed by atoms with E-state index < -0.39 is 0 Å². The van der Waals surface area contributed by atoms with E-state index in [0.717, 1.165) is 27.2 Å². The van der Waals surface area contributed by atoms with Crippen molar-refractivity contribution < 1.29 is 4.52 Å². The summed E-state index contributed by atoms with van der Waals surface area (Å²) in [6.07, 6.45) is 0. The second kappa shape index (κ2) is 5.54. The van der Waals surface area contributed by atoms with Crippen LogP contribution < -0.4 is 0 Å². The van der Waals surface area contributed by atoms with Gasteiger partial charge in [-0.05, 0) is 19.1 Å². The molecule has 0 aliphatic heterocycles. The molecule has 0 aliphatic carbocycles. The fraction of sp³-hybridized carbons (Fsp3) is 0.143. The molecule has 3 heterocycles. The molecule has 0 aliphatic rings. The smallest absolute Gasteiger partial charge is 0.235 e. The average Bonchev–Trinajstić information content (AvgIpc) is 3.21. The highest BCUT2D eigenvalue weighted by Crippen LogP contribution is 2.27. The van der Waals surface area contributed by atoms with Crippen molar-refractivity contribution in [2.24, 2.45) is 0 Å². The first-order valence-electron chi connectivity index (χ1n) is 6.62. The summed E-state index contributed by atoms with van der Waals surface area (Å²) >= 11 is 3.16. The molecule has 1 aromatic carbocycles. The van der Waals surface area contributed by atoms with E-state index >= 15 is 0 Å². The van der Waals surface area contributed by atoms with Crippen LogP contribution in [0, 0.1) is 6.92 Å². The predicted octanol–water partition coefficient (Wildman–Crippen LogP) is 3.44. The fourth-order valence-corrected chi connectivity index (χ4v) is 3.62. The van der Waals surface area contributed by atoms with E-state index in [1.807, 2.05) is 31.2 Å². The van der Waals surface area contributed by atoms with Crippen LogP contribution >= 0.6 is 23.1 Å². The van der Waals surface area contributed by atoms with Crippen molar-refractivity contribution in [2.75, 3.05) is 0 Å². The van der Waals surface area contributed by atoms with Gasteiger partial charge in [-0.2, -0.15) is 9.61 Å². The van der Waals surface area contributed by atoms with Gasteiger partial charge in [0.2, 0.25) is 4.96 Å². The first-order chi connectivity index (χ1) is 10.8. The predicted molar refractivity (Wildman–Crippen MR) is 84.9 cm³/mol. The summed E-state index contributed by atoms with van der Waals surface area (Å²) in [7, 11) is 0. The molecule has 0 unspecified atom stereocenters. The summed E-state index contributed by atoms with van der Waals surface area (Å²) < 4.78 is 6.87. The summed E-state index contributed by atoms with van der Waals surface area (Å²) in [4.78, 5) is 1.96. The maximum atomic E-state index is 5.09. The fourth-order valence-electron chi connectivity index (χ4n) is 1.98. The van der Waals surface area contributed by atoms with Crippen LogP contribution in [0.4, 0.5) is 0 Å². The third kappa shape index (κ3) is 2.51. The summed E-state index contributed by atoms with van der Waals surface area (Å²) in [5, 5.41) is 17.7. The van der Waals surface area contributed by atoms with Gasteiger partial charge in [-0.3, -0.25) is 0 Å². The van der Waals surface area contributed by atoms with Gasteiger partial charge in [0, 0.05) is 11.0 Å². The van der Waals surface area contributed by atoms with E-state index in [2.05, 4.69) is 32.6 Å². The number of hydrogen-bond donors (Lipinski definition) is 0. The lowest BCUT2D eigenvalue weighted by atomic mass is 10.4. The lowest BCUT2D eigenvalue weighted by Gasteiger charge is -1.98. The molecule has 0 bridgehead atoms. The number of fused-ring (bicyclic) bond motifs is 1. The van der Waals surface area contributed by atoms with Crippen LogP contribution in [-0.2, 0) is 5.75 Å². The molecule has 22 heavy (non-hydrogen) atoms. The molecule has 0 saturated carbocycles. The Morgan fingerprint density at radius 2 is 2.09 bits per heavy atom. The molecule has 8 heteroatoms. The maximum absolute atomic E-state index is 5.09. The Kier molecular flexibility index (Phi) is 3.39. The highest BCUT2D eigenvalue weighted by Gasteiger charge is 2.15. The van der Waals surface area contributed by atoms with Gasteiger partial charge in [-0.1, -0.05) is 34.7 Å². The normalized spacial score (nSPS) is 11.3.